The lowest BCUT2D eigenvalue weighted by atomic mass is 10.1. The highest BCUT2D eigenvalue weighted by Crippen LogP contribution is 2.27. The summed E-state index contributed by atoms with van der Waals surface area (Å²) >= 11 is 1.61. The summed E-state index contributed by atoms with van der Waals surface area (Å²) in [5.74, 6) is -0.530. The average molecular weight is 285 g/mol. The molecular formula is C15H11NO3S. The summed E-state index contributed by atoms with van der Waals surface area (Å²) in [6.45, 7) is 0.432. The molecule has 0 atom stereocenters. The van der Waals surface area contributed by atoms with Gasteiger partial charge in [-0.15, -0.1) is 11.3 Å². The minimum absolute atomic E-state index is 0.184. The Hall–Kier alpha value is -2.40. The summed E-state index contributed by atoms with van der Waals surface area (Å²) in [4.78, 5) is 16.4. The van der Waals surface area contributed by atoms with E-state index in [2.05, 4.69) is 4.98 Å². The van der Waals surface area contributed by atoms with E-state index < -0.39 is 5.97 Å². The van der Waals surface area contributed by atoms with Crippen LogP contribution in [0.3, 0.4) is 0 Å². The van der Waals surface area contributed by atoms with Crippen molar-refractivity contribution in [2.24, 2.45) is 0 Å². The number of benzene rings is 1. The highest BCUT2D eigenvalue weighted by Gasteiger charge is 2.13. The third-order valence-corrected chi connectivity index (χ3v) is 3.77. The molecule has 1 N–H and O–H groups in total. The average Bonchev–Trinajstić information content (AvgIpc) is 2.97. The first kappa shape index (κ1) is 12.6. The second-order valence-electron chi connectivity index (χ2n) is 4.20. The van der Waals surface area contributed by atoms with Gasteiger partial charge in [0.1, 0.15) is 6.61 Å². The molecule has 1 aromatic carbocycles. The Labute approximate surface area is 119 Å². The molecule has 3 rings (SSSR count). The summed E-state index contributed by atoms with van der Waals surface area (Å²) in [5.41, 5.74) is 0.184. The smallest absolute Gasteiger partial charge is 0.337 e. The van der Waals surface area contributed by atoms with Crippen molar-refractivity contribution in [3.63, 3.8) is 0 Å². The zero-order chi connectivity index (χ0) is 13.9. The van der Waals surface area contributed by atoms with Crippen molar-refractivity contribution in [1.82, 2.24) is 4.98 Å². The van der Waals surface area contributed by atoms with E-state index in [0.29, 0.717) is 23.3 Å². The molecule has 0 unspecified atom stereocenters. The summed E-state index contributed by atoms with van der Waals surface area (Å²) in [7, 11) is 0. The van der Waals surface area contributed by atoms with Crippen LogP contribution < -0.4 is 4.74 Å². The van der Waals surface area contributed by atoms with Gasteiger partial charge in [0.2, 0.25) is 5.88 Å². The summed E-state index contributed by atoms with van der Waals surface area (Å²) in [6, 6.07) is 11.2. The van der Waals surface area contributed by atoms with Crippen LogP contribution in [0.5, 0.6) is 5.88 Å². The van der Waals surface area contributed by atoms with Crippen LogP contribution in [0.25, 0.3) is 10.8 Å². The van der Waals surface area contributed by atoms with Crippen LogP contribution in [0.15, 0.2) is 48.0 Å². The van der Waals surface area contributed by atoms with Crippen molar-refractivity contribution >= 4 is 28.1 Å². The molecule has 0 radical (unpaired) electrons. The molecule has 0 aliphatic heterocycles. The van der Waals surface area contributed by atoms with Gasteiger partial charge in [0.15, 0.2) is 0 Å². The first-order chi connectivity index (χ1) is 9.75. The highest BCUT2D eigenvalue weighted by molar-refractivity contribution is 7.09. The van der Waals surface area contributed by atoms with Gasteiger partial charge < -0.3 is 9.84 Å². The van der Waals surface area contributed by atoms with Gasteiger partial charge in [-0.05, 0) is 17.5 Å². The predicted molar refractivity (Wildman–Crippen MR) is 77.4 cm³/mol. The van der Waals surface area contributed by atoms with Crippen LogP contribution in [0, 0.1) is 0 Å². The highest BCUT2D eigenvalue weighted by atomic mass is 32.1. The van der Waals surface area contributed by atoms with E-state index in [9.17, 15) is 9.90 Å². The van der Waals surface area contributed by atoms with Crippen molar-refractivity contribution in [3.05, 3.63) is 58.4 Å². The molecule has 100 valence electrons. The predicted octanol–water partition coefficient (Wildman–Crippen LogP) is 3.57. The standard InChI is InChI=1S/C15H11NO3S/c17-15(18)13-8-16-14(12-6-2-1-5-11(12)13)19-9-10-4-3-7-20-10/h1-8H,9H2,(H,17,18). The Balaban J connectivity index is 1.99. The van der Waals surface area contributed by atoms with Crippen molar-refractivity contribution in [2.45, 2.75) is 6.61 Å². The fourth-order valence-electron chi connectivity index (χ4n) is 1.99. The van der Waals surface area contributed by atoms with E-state index in [1.165, 1.54) is 6.20 Å². The molecule has 0 spiro atoms. The number of carboxylic acid groups (broad SMARTS) is 1. The number of carboxylic acids is 1. The van der Waals surface area contributed by atoms with Gasteiger partial charge in [-0.3, -0.25) is 0 Å². The fraction of sp³-hybridized carbons (Fsp3) is 0.0667. The Morgan fingerprint density at radius 2 is 2.00 bits per heavy atom. The topological polar surface area (TPSA) is 59.4 Å². The molecule has 20 heavy (non-hydrogen) atoms. The van der Waals surface area contributed by atoms with Crippen LogP contribution in [-0.2, 0) is 6.61 Å². The molecule has 5 heteroatoms. The van der Waals surface area contributed by atoms with Gasteiger partial charge in [-0.2, -0.15) is 0 Å². The Morgan fingerprint density at radius 3 is 2.70 bits per heavy atom. The molecule has 2 heterocycles. The van der Waals surface area contributed by atoms with E-state index in [1.54, 1.807) is 23.5 Å². The minimum Gasteiger partial charge on any atom is -0.478 e. The van der Waals surface area contributed by atoms with Gasteiger partial charge in [0.05, 0.1) is 5.56 Å². The van der Waals surface area contributed by atoms with E-state index in [0.717, 1.165) is 4.88 Å². The monoisotopic (exact) mass is 285 g/mol. The number of aromatic carboxylic acids is 1. The molecule has 4 nitrogen and oxygen atoms in total. The molecule has 0 amide bonds. The Kier molecular flexibility index (Phi) is 3.35. The fourth-order valence-corrected chi connectivity index (χ4v) is 2.60. The van der Waals surface area contributed by atoms with Gasteiger partial charge >= 0.3 is 5.97 Å². The molecule has 0 aliphatic carbocycles. The zero-order valence-electron chi connectivity index (χ0n) is 10.4. The van der Waals surface area contributed by atoms with Gasteiger partial charge in [-0.1, -0.05) is 24.3 Å². The van der Waals surface area contributed by atoms with Crippen molar-refractivity contribution < 1.29 is 14.6 Å². The lowest BCUT2D eigenvalue weighted by molar-refractivity contribution is 0.0698. The number of hydrogen-bond acceptors (Lipinski definition) is 4. The van der Waals surface area contributed by atoms with Gasteiger partial charge in [0.25, 0.3) is 0 Å². The molecule has 0 bridgehead atoms. The maximum Gasteiger partial charge on any atom is 0.337 e. The van der Waals surface area contributed by atoms with Crippen LogP contribution >= 0.6 is 11.3 Å². The van der Waals surface area contributed by atoms with Crippen LogP contribution in [0.4, 0.5) is 0 Å². The molecule has 2 aromatic heterocycles. The number of ether oxygens (including phenoxy) is 1. The van der Waals surface area contributed by atoms with E-state index in [-0.39, 0.29) is 5.56 Å². The lowest BCUT2D eigenvalue weighted by Crippen LogP contribution is -2.02. The minimum atomic E-state index is -0.987. The number of pyridine rings is 1. The number of hydrogen-bond donors (Lipinski definition) is 1. The Morgan fingerprint density at radius 1 is 1.20 bits per heavy atom. The summed E-state index contributed by atoms with van der Waals surface area (Å²) in [5, 5.41) is 12.5. The third kappa shape index (κ3) is 2.35. The van der Waals surface area contributed by atoms with E-state index in [1.807, 2.05) is 29.6 Å². The van der Waals surface area contributed by atoms with Crippen molar-refractivity contribution in [3.8, 4) is 5.88 Å². The first-order valence-corrected chi connectivity index (χ1v) is 6.90. The second kappa shape index (κ2) is 5.30. The third-order valence-electron chi connectivity index (χ3n) is 2.92. The van der Waals surface area contributed by atoms with Crippen LogP contribution in [-0.4, -0.2) is 16.1 Å². The number of rotatable bonds is 4. The lowest BCUT2D eigenvalue weighted by Gasteiger charge is -2.09. The first-order valence-electron chi connectivity index (χ1n) is 6.02. The van der Waals surface area contributed by atoms with Gasteiger partial charge in [0, 0.05) is 21.8 Å². The zero-order valence-corrected chi connectivity index (χ0v) is 11.3. The van der Waals surface area contributed by atoms with Crippen molar-refractivity contribution in [2.75, 3.05) is 0 Å². The molecule has 0 saturated heterocycles. The Bertz CT molecular complexity index is 753. The molecule has 0 aliphatic rings. The molecule has 3 aromatic rings. The van der Waals surface area contributed by atoms with Gasteiger partial charge in [-0.25, -0.2) is 9.78 Å². The number of nitrogens with zero attached hydrogens (tertiary/aromatic N) is 1. The molecule has 0 saturated carbocycles. The normalized spacial score (nSPS) is 10.6. The maximum absolute atomic E-state index is 11.2. The van der Waals surface area contributed by atoms with E-state index in [4.69, 9.17) is 4.74 Å². The SMILES string of the molecule is O=C(O)c1cnc(OCc2cccs2)c2ccccc12. The number of carbonyl (C=O) groups is 1. The molecular weight excluding hydrogens is 274 g/mol. The van der Waals surface area contributed by atoms with Crippen LogP contribution in [0.2, 0.25) is 0 Å². The number of aromatic nitrogens is 1. The number of fused-ring (bicyclic) bond motifs is 1. The molecule has 0 fully saturated rings. The van der Waals surface area contributed by atoms with E-state index >= 15 is 0 Å². The number of thiophene rings is 1. The van der Waals surface area contributed by atoms with Crippen LogP contribution in [0.1, 0.15) is 15.2 Å². The quantitative estimate of drug-likeness (QED) is 0.796. The van der Waals surface area contributed by atoms with Crippen molar-refractivity contribution in [1.29, 1.82) is 0 Å². The maximum atomic E-state index is 11.2. The largest absolute Gasteiger partial charge is 0.478 e. The summed E-state index contributed by atoms with van der Waals surface area (Å²) < 4.78 is 5.70. The second-order valence-corrected chi connectivity index (χ2v) is 5.23. The summed E-state index contributed by atoms with van der Waals surface area (Å²) in [6.07, 6.45) is 1.34.